The van der Waals surface area contributed by atoms with Crippen molar-refractivity contribution in [1.29, 1.82) is 0 Å². The molecule has 1 saturated heterocycles. The average Bonchev–Trinajstić information content (AvgIpc) is 2.42. The fraction of sp³-hybridized carbons (Fsp3) is 0.600. The van der Waals surface area contributed by atoms with E-state index in [0.717, 1.165) is 35.4 Å². The van der Waals surface area contributed by atoms with Crippen molar-refractivity contribution in [3.63, 3.8) is 0 Å². The first-order chi connectivity index (χ1) is 9.19. The summed E-state index contributed by atoms with van der Waals surface area (Å²) in [6.45, 7) is 3.08. The topological polar surface area (TPSA) is 15.3 Å². The molecule has 0 atom stereocenters. The molecule has 4 heteroatoms. The Morgan fingerprint density at radius 2 is 1.89 bits per heavy atom. The van der Waals surface area contributed by atoms with Crippen molar-refractivity contribution in [2.45, 2.75) is 37.6 Å². The van der Waals surface area contributed by atoms with Gasteiger partial charge in [0, 0.05) is 30.2 Å². The smallest absolute Gasteiger partial charge is 0.0640 e. The minimum Gasteiger partial charge on any atom is -0.367 e. The Balaban J connectivity index is 1.82. The lowest BCUT2D eigenvalue weighted by molar-refractivity contribution is 0.216. The van der Waals surface area contributed by atoms with Crippen LogP contribution in [0.4, 0.5) is 5.69 Å². The third kappa shape index (κ3) is 2.86. The summed E-state index contributed by atoms with van der Waals surface area (Å²) < 4.78 is 0. The molecule has 1 N–H and O–H groups in total. The second-order valence-corrected chi connectivity index (χ2v) is 6.63. The predicted molar refractivity (Wildman–Crippen MR) is 82.5 cm³/mol. The van der Waals surface area contributed by atoms with Gasteiger partial charge in [-0.25, -0.2) is 0 Å². The zero-order chi connectivity index (χ0) is 13.3. The molecule has 1 saturated carbocycles. The second kappa shape index (κ2) is 5.51. The molecule has 0 unspecified atom stereocenters. The molecule has 0 bridgehead atoms. The molecule has 1 aliphatic heterocycles. The largest absolute Gasteiger partial charge is 0.367 e. The van der Waals surface area contributed by atoms with Gasteiger partial charge in [-0.05, 0) is 31.0 Å². The Labute approximate surface area is 125 Å². The maximum atomic E-state index is 6.34. The highest BCUT2D eigenvalue weighted by atomic mass is 35.5. The molecule has 1 heterocycles. The number of piperazine rings is 1. The van der Waals surface area contributed by atoms with Gasteiger partial charge in [0.15, 0.2) is 0 Å². The highest BCUT2D eigenvalue weighted by Gasteiger charge is 2.36. The van der Waals surface area contributed by atoms with Crippen LogP contribution in [0, 0.1) is 0 Å². The van der Waals surface area contributed by atoms with Crippen LogP contribution in [0.15, 0.2) is 18.2 Å². The van der Waals surface area contributed by atoms with Crippen LogP contribution < -0.4 is 10.2 Å². The fourth-order valence-electron chi connectivity index (χ4n) is 3.45. The average molecular weight is 299 g/mol. The number of rotatable bonds is 1. The lowest BCUT2D eigenvalue weighted by Crippen LogP contribution is -2.61. The predicted octanol–water partition coefficient (Wildman–Crippen LogP) is 4.11. The van der Waals surface area contributed by atoms with Crippen molar-refractivity contribution in [3.8, 4) is 0 Å². The summed E-state index contributed by atoms with van der Waals surface area (Å²) in [6, 6.07) is 5.74. The fourth-order valence-corrected chi connectivity index (χ4v) is 3.86. The summed E-state index contributed by atoms with van der Waals surface area (Å²) in [5, 5.41) is 5.31. The summed E-state index contributed by atoms with van der Waals surface area (Å²) in [4.78, 5) is 2.40. The van der Waals surface area contributed by atoms with E-state index in [1.807, 2.05) is 18.2 Å². The van der Waals surface area contributed by atoms with E-state index >= 15 is 0 Å². The van der Waals surface area contributed by atoms with Crippen molar-refractivity contribution in [2.24, 2.45) is 0 Å². The van der Waals surface area contributed by atoms with Crippen LogP contribution in [0.2, 0.25) is 10.0 Å². The van der Waals surface area contributed by atoms with Gasteiger partial charge in [-0.15, -0.1) is 0 Å². The number of hydrogen-bond acceptors (Lipinski definition) is 2. The van der Waals surface area contributed by atoms with Gasteiger partial charge in [0.1, 0.15) is 0 Å². The molecule has 1 aliphatic carbocycles. The maximum absolute atomic E-state index is 6.34. The highest BCUT2D eigenvalue weighted by molar-refractivity contribution is 6.35. The van der Waals surface area contributed by atoms with Crippen molar-refractivity contribution in [1.82, 2.24) is 5.32 Å². The number of nitrogens with zero attached hydrogens (tertiary/aromatic N) is 1. The number of halogens is 2. The monoisotopic (exact) mass is 298 g/mol. The van der Waals surface area contributed by atoms with Crippen LogP contribution in [-0.4, -0.2) is 25.2 Å². The zero-order valence-corrected chi connectivity index (χ0v) is 12.6. The normalized spacial score (nSPS) is 22.7. The minimum atomic E-state index is 0.294. The lowest BCUT2D eigenvalue weighted by Gasteiger charge is -2.47. The van der Waals surface area contributed by atoms with Crippen molar-refractivity contribution in [3.05, 3.63) is 28.2 Å². The van der Waals surface area contributed by atoms with Crippen LogP contribution in [0.1, 0.15) is 32.1 Å². The molecule has 104 valence electrons. The standard InChI is InChI=1S/C15H20Cl2N2/c16-12-4-5-13(17)14(10-12)19-9-8-18-15(11-19)6-2-1-3-7-15/h4-5,10,18H,1-3,6-9,11H2. The SMILES string of the molecule is Clc1ccc(Cl)c(N2CCNC3(CCCCC3)C2)c1. The molecule has 2 fully saturated rings. The number of hydrogen-bond donors (Lipinski definition) is 1. The Hall–Kier alpha value is -0.440. The van der Waals surface area contributed by atoms with Crippen LogP contribution in [0.3, 0.4) is 0 Å². The Kier molecular flexibility index (Phi) is 3.93. The van der Waals surface area contributed by atoms with Crippen LogP contribution in [0.25, 0.3) is 0 Å². The van der Waals surface area contributed by atoms with E-state index in [0.29, 0.717) is 5.54 Å². The molecule has 19 heavy (non-hydrogen) atoms. The number of anilines is 1. The molecule has 1 aromatic rings. The van der Waals surface area contributed by atoms with Gasteiger partial charge in [-0.3, -0.25) is 0 Å². The van der Waals surface area contributed by atoms with E-state index in [4.69, 9.17) is 23.2 Å². The molecule has 1 aromatic carbocycles. The van der Waals surface area contributed by atoms with Gasteiger partial charge in [-0.1, -0.05) is 42.5 Å². The third-order valence-electron chi connectivity index (χ3n) is 4.43. The molecule has 3 rings (SSSR count). The van der Waals surface area contributed by atoms with E-state index in [1.165, 1.54) is 32.1 Å². The molecule has 2 nitrogen and oxygen atoms in total. The van der Waals surface area contributed by atoms with Crippen LogP contribution in [-0.2, 0) is 0 Å². The van der Waals surface area contributed by atoms with Gasteiger partial charge in [0.05, 0.1) is 10.7 Å². The van der Waals surface area contributed by atoms with E-state index in [1.54, 1.807) is 0 Å². The molecule has 0 aromatic heterocycles. The van der Waals surface area contributed by atoms with E-state index in [2.05, 4.69) is 10.2 Å². The van der Waals surface area contributed by atoms with E-state index in [-0.39, 0.29) is 0 Å². The van der Waals surface area contributed by atoms with Gasteiger partial charge in [0.25, 0.3) is 0 Å². The molecule has 1 spiro atoms. The Bertz CT molecular complexity index is 450. The summed E-state index contributed by atoms with van der Waals surface area (Å²) in [5.74, 6) is 0. The van der Waals surface area contributed by atoms with Crippen molar-refractivity contribution >= 4 is 28.9 Å². The number of nitrogens with one attached hydrogen (secondary N) is 1. The summed E-state index contributed by atoms with van der Waals surface area (Å²) >= 11 is 12.4. The lowest BCUT2D eigenvalue weighted by atomic mass is 9.80. The van der Waals surface area contributed by atoms with Gasteiger partial charge < -0.3 is 10.2 Å². The van der Waals surface area contributed by atoms with Gasteiger partial charge in [-0.2, -0.15) is 0 Å². The van der Waals surface area contributed by atoms with Gasteiger partial charge in [0.2, 0.25) is 0 Å². The Morgan fingerprint density at radius 1 is 1.11 bits per heavy atom. The van der Waals surface area contributed by atoms with Gasteiger partial charge >= 0.3 is 0 Å². The van der Waals surface area contributed by atoms with E-state index < -0.39 is 0 Å². The van der Waals surface area contributed by atoms with E-state index in [9.17, 15) is 0 Å². The molecule has 0 amide bonds. The highest BCUT2D eigenvalue weighted by Crippen LogP contribution is 2.35. The first-order valence-electron chi connectivity index (χ1n) is 7.14. The van der Waals surface area contributed by atoms with Crippen LogP contribution in [0.5, 0.6) is 0 Å². The quantitative estimate of drug-likeness (QED) is 0.839. The minimum absolute atomic E-state index is 0.294. The summed E-state index contributed by atoms with van der Waals surface area (Å²) in [6.07, 6.45) is 6.61. The third-order valence-corrected chi connectivity index (χ3v) is 4.99. The summed E-state index contributed by atoms with van der Waals surface area (Å²) in [5.41, 5.74) is 1.38. The Morgan fingerprint density at radius 3 is 2.68 bits per heavy atom. The molecule has 2 aliphatic rings. The van der Waals surface area contributed by atoms with Crippen molar-refractivity contribution < 1.29 is 0 Å². The molecular weight excluding hydrogens is 279 g/mol. The number of benzene rings is 1. The first kappa shape index (κ1) is 13.5. The molecular formula is C15H20Cl2N2. The summed E-state index contributed by atoms with van der Waals surface area (Å²) in [7, 11) is 0. The zero-order valence-electron chi connectivity index (χ0n) is 11.1. The first-order valence-corrected chi connectivity index (χ1v) is 7.89. The van der Waals surface area contributed by atoms with Crippen LogP contribution >= 0.6 is 23.2 Å². The van der Waals surface area contributed by atoms with Crippen molar-refractivity contribution in [2.75, 3.05) is 24.5 Å². The second-order valence-electron chi connectivity index (χ2n) is 5.79. The molecule has 0 radical (unpaired) electrons. The maximum Gasteiger partial charge on any atom is 0.0640 e.